The Balaban J connectivity index is 1.90. The lowest BCUT2D eigenvalue weighted by Gasteiger charge is -2.18. The number of nitrogens with two attached hydrogens (primary N) is 1. The molecule has 0 saturated heterocycles. The summed E-state index contributed by atoms with van der Waals surface area (Å²) in [6.07, 6.45) is 0.792. The molecule has 0 heterocycles. The first-order chi connectivity index (χ1) is 11.1. The summed E-state index contributed by atoms with van der Waals surface area (Å²) in [5, 5.41) is 0. The Bertz CT molecular complexity index is 627. The number of carbonyl (C=O) groups excluding carboxylic acids is 1. The number of carbonyl (C=O) groups is 1. The molecule has 2 atom stereocenters. The average Bonchev–Trinajstić information content (AvgIpc) is 2.60. The summed E-state index contributed by atoms with van der Waals surface area (Å²) in [6.45, 7) is 0.0634. The van der Waals surface area contributed by atoms with Crippen LogP contribution >= 0.6 is 0 Å². The van der Waals surface area contributed by atoms with Crippen molar-refractivity contribution in [3.05, 3.63) is 47.2 Å². The van der Waals surface area contributed by atoms with Crippen molar-refractivity contribution < 1.29 is 19.0 Å². The summed E-state index contributed by atoms with van der Waals surface area (Å²) in [5.41, 5.74) is 7.55. The maximum atomic E-state index is 12.0. The van der Waals surface area contributed by atoms with E-state index in [1.54, 1.807) is 14.2 Å². The predicted octanol–water partition coefficient (Wildman–Crippen LogP) is 1.42. The number of benzene rings is 1. The molecule has 0 fully saturated rings. The number of esters is 1. The van der Waals surface area contributed by atoms with E-state index in [2.05, 4.69) is 11.8 Å². The zero-order valence-corrected chi connectivity index (χ0v) is 13.4. The molecule has 1 aromatic rings. The van der Waals surface area contributed by atoms with Crippen LogP contribution in [0.1, 0.15) is 12.0 Å². The number of methoxy groups -OCH3 is 2. The van der Waals surface area contributed by atoms with E-state index in [-0.39, 0.29) is 12.7 Å². The van der Waals surface area contributed by atoms with Gasteiger partial charge in [-0.25, -0.2) is 0 Å². The van der Waals surface area contributed by atoms with E-state index in [1.807, 2.05) is 30.3 Å². The molecule has 2 N–H and O–H groups in total. The van der Waals surface area contributed by atoms with E-state index in [0.29, 0.717) is 24.2 Å². The van der Waals surface area contributed by atoms with Gasteiger partial charge in [0.05, 0.1) is 12.7 Å². The zero-order chi connectivity index (χ0) is 16.7. The van der Waals surface area contributed by atoms with Crippen LogP contribution in [0.3, 0.4) is 0 Å². The predicted molar refractivity (Wildman–Crippen MR) is 86.3 cm³/mol. The van der Waals surface area contributed by atoms with Crippen molar-refractivity contribution in [2.75, 3.05) is 20.8 Å². The summed E-state index contributed by atoms with van der Waals surface area (Å²) in [5.74, 6) is 6.10. The van der Waals surface area contributed by atoms with E-state index >= 15 is 0 Å². The third-order valence-electron chi connectivity index (χ3n) is 3.58. The number of hydrogen-bond donors (Lipinski definition) is 1. The molecule has 0 bridgehead atoms. The summed E-state index contributed by atoms with van der Waals surface area (Å²) in [4.78, 5) is 12.0. The number of ether oxygens (including phenoxy) is 3. The van der Waals surface area contributed by atoms with Gasteiger partial charge in [0.25, 0.3) is 0 Å². The van der Waals surface area contributed by atoms with Crippen LogP contribution in [0.15, 0.2) is 41.7 Å². The lowest BCUT2D eigenvalue weighted by molar-refractivity contribution is -0.144. The minimum absolute atomic E-state index is 0.0634. The van der Waals surface area contributed by atoms with Gasteiger partial charge in [0, 0.05) is 13.5 Å². The van der Waals surface area contributed by atoms with Crippen LogP contribution in [0.4, 0.5) is 0 Å². The average molecular weight is 315 g/mol. The topological polar surface area (TPSA) is 70.8 Å². The van der Waals surface area contributed by atoms with Gasteiger partial charge in [-0.15, -0.1) is 0 Å². The normalized spacial score (nSPS) is 18.0. The molecule has 2 unspecified atom stereocenters. The molecule has 0 aromatic heterocycles. The van der Waals surface area contributed by atoms with Crippen LogP contribution in [-0.4, -0.2) is 38.9 Å². The quantitative estimate of drug-likeness (QED) is 0.609. The maximum absolute atomic E-state index is 12.0. The molecular weight excluding hydrogens is 294 g/mol. The molecule has 0 radical (unpaired) electrons. The molecule has 1 aliphatic rings. The van der Waals surface area contributed by atoms with Crippen molar-refractivity contribution in [2.45, 2.75) is 25.0 Å². The van der Waals surface area contributed by atoms with E-state index in [4.69, 9.17) is 19.9 Å². The van der Waals surface area contributed by atoms with Crippen molar-refractivity contribution in [1.29, 1.82) is 0 Å². The van der Waals surface area contributed by atoms with Gasteiger partial charge in [0.2, 0.25) is 0 Å². The SMILES string of the molecule is COC1=C(COC(=O)C(N)Cc2ccccc2)C#CC(OC)C1. The maximum Gasteiger partial charge on any atom is 0.323 e. The Kier molecular flexibility index (Phi) is 6.21. The van der Waals surface area contributed by atoms with Crippen molar-refractivity contribution >= 4 is 5.97 Å². The molecule has 2 rings (SSSR count). The highest BCUT2D eigenvalue weighted by molar-refractivity contribution is 5.76. The second kappa shape index (κ2) is 8.37. The molecule has 0 aliphatic heterocycles. The minimum atomic E-state index is -0.702. The van der Waals surface area contributed by atoms with Gasteiger partial charge in [0.1, 0.15) is 24.5 Å². The molecular formula is C18H21NO4. The van der Waals surface area contributed by atoms with Gasteiger partial charge in [0.15, 0.2) is 0 Å². The highest BCUT2D eigenvalue weighted by atomic mass is 16.5. The fourth-order valence-corrected chi connectivity index (χ4v) is 2.25. The largest absolute Gasteiger partial charge is 0.500 e. The summed E-state index contributed by atoms with van der Waals surface area (Å²) in [7, 11) is 3.16. The molecule has 5 nitrogen and oxygen atoms in total. The first-order valence-electron chi connectivity index (χ1n) is 7.40. The van der Waals surface area contributed by atoms with Gasteiger partial charge in [-0.1, -0.05) is 42.2 Å². The molecule has 0 spiro atoms. The summed E-state index contributed by atoms with van der Waals surface area (Å²) < 4.78 is 15.8. The lowest BCUT2D eigenvalue weighted by atomic mass is 10.1. The number of hydrogen-bond acceptors (Lipinski definition) is 5. The van der Waals surface area contributed by atoms with E-state index < -0.39 is 12.0 Å². The van der Waals surface area contributed by atoms with Gasteiger partial charge in [-0.05, 0) is 12.0 Å². The molecule has 0 amide bonds. The Labute approximate surface area is 136 Å². The van der Waals surface area contributed by atoms with Gasteiger partial charge < -0.3 is 19.9 Å². The third-order valence-corrected chi connectivity index (χ3v) is 3.58. The van der Waals surface area contributed by atoms with Crippen LogP contribution in [-0.2, 0) is 25.4 Å². The van der Waals surface area contributed by atoms with Crippen LogP contribution in [0.25, 0.3) is 0 Å². The van der Waals surface area contributed by atoms with Crippen LogP contribution in [0.2, 0.25) is 0 Å². The van der Waals surface area contributed by atoms with Crippen LogP contribution in [0.5, 0.6) is 0 Å². The van der Waals surface area contributed by atoms with Crippen molar-refractivity contribution in [3.8, 4) is 11.8 Å². The minimum Gasteiger partial charge on any atom is -0.500 e. The highest BCUT2D eigenvalue weighted by Gasteiger charge is 2.20. The zero-order valence-electron chi connectivity index (χ0n) is 13.4. The fourth-order valence-electron chi connectivity index (χ4n) is 2.25. The van der Waals surface area contributed by atoms with Crippen molar-refractivity contribution in [1.82, 2.24) is 0 Å². The second-order valence-corrected chi connectivity index (χ2v) is 5.21. The molecule has 1 aromatic carbocycles. The summed E-state index contributed by atoms with van der Waals surface area (Å²) >= 11 is 0. The van der Waals surface area contributed by atoms with E-state index in [9.17, 15) is 4.79 Å². The smallest absolute Gasteiger partial charge is 0.323 e. The monoisotopic (exact) mass is 315 g/mol. The van der Waals surface area contributed by atoms with Gasteiger partial charge in [-0.3, -0.25) is 4.79 Å². The number of rotatable bonds is 7. The Morgan fingerprint density at radius 2 is 2.09 bits per heavy atom. The Morgan fingerprint density at radius 1 is 1.35 bits per heavy atom. The first-order valence-corrected chi connectivity index (χ1v) is 7.40. The third kappa shape index (κ3) is 4.85. The Morgan fingerprint density at radius 3 is 2.74 bits per heavy atom. The van der Waals surface area contributed by atoms with Crippen molar-refractivity contribution in [2.24, 2.45) is 5.73 Å². The first kappa shape index (κ1) is 17.1. The second-order valence-electron chi connectivity index (χ2n) is 5.21. The molecule has 23 heavy (non-hydrogen) atoms. The van der Waals surface area contributed by atoms with E-state index in [0.717, 1.165) is 5.56 Å². The Hall–Kier alpha value is -2.29. The molecule has 122 valence electrons. The lowest BCUT2D eigenvalue weighted by Crippen LogP contribution is -2.34. The molecule has 5 heteroatoms. The van der Waals surface area contributed by atoms with Gasteiger partial charge >= 0.3 is 5.97 Å². The standard InChI is InChI=1S/C18H21NO4/c1-21-15-9-8-14(17(11-15)22-2)12-23-18(20)16(19)10-13-6-4-3-5-7-13/h3-7,15-16H,10-12,19H2,1-2H3. The van der Waals surface area contributed by atoms with Crippen molar-refractivity contribution in [3.63, 3.8) is 0 Å². The molecule has 0 saturated carbocycles. The van der Waals surface area contributed by atoms with Gasteiger partial charge in [-0.2, -0.15) is 0 Å². The van der Waals surface area contributed by atoms with Crippen LogP contribution in [0, 0.1) is 11.8 Å². The fraction of sp³-hybridized carbons (Fsp3) is 0.389. The summed E-state index contributed by atoms with van der Waals surface area (Å²) in [6, 6.07) is 8.89. The van der Waals surface area contributed by atoms with Crippen LogP contribution < -0.4 is 5.73 Å². The molecule has 1 aliphatic carbocycles. The highest BCUT2D eigenvalue weighted by Crippen LogP contribution is 2.18. The van der Waals surface area contributed by atoms with E-state index in [1.165, 1.54) is 0 Å².